The minimum Gasteiger partial charge on any atom is -0.370 e. The minimum atomic E-state index is -4.05. The maximum atomic E-state index is 12.0. The third-order valence-electron chi connectivity index (χ3n) is 3.30. The first kappa shape index (κ1) is 14.1. The number of unbranched alkanes of at least 4 members (excludes halogenated alkanes) is 1. The van der Waals surface area contributed by atoms with Crippen molar-refractivity contribution in [3.8, 4) is 0 Å². The Hall–Kier alpha value is -1.33. The van der Waals surface area contributed by atoms with Crippen molar-refractivity contribution in [2.75, 3.05) is 11.9 Å². The van der Waals surface area contributed by atoms with Crippen LogP contribution in [-0.2, 0) is 12.8 Å². The first-order valence-electron chi connectivity index (χ1n) is 6.69. The van der Waals surface area contributed by atoms with Crippen LogP contribution in [0.5, 0.6) is 0 Å². The number of nitrogens with one attached hydrogen (secondary N) is 1. The molecule has 0 unspecified atom stereocenters. The molecule has 1 aliphatic rings. The van der Waals surface area contributed by atoms with Gasteiger partial charge in [-0.1, -0.05) is 0 Å². The number of fused-ring (bicyclic) bond motifs is 1. The van der Waals surface area contributed by atoms with Crippen LogP contribution >= 0.6 is 0 Å². The molecule has 0 radical (unpaired) electrons. The quantitative estimate of drug-likeness (QED) is 0.834. The van der Waals surface area contributed by atoms with Crippen molar-refractivity contribution in [2.24, 2.45) is 0 Å². The highest BCUT2D eigenvalue weighted by molar-refractivity contribution is 5.46. The average molecular weight is 273 g/mol. The van der Waals surface area contributed by atoms with Gasteiger partial charge in [-0.3, -0.25) is 0 Å². The summed E-state index contributed by atoms with van der Waals surface area (Å²) in [4.78, 5) is 8.45. The lowest BCUT2D eigenvalue weighted by Gasteiger charge is -2.18. The molecule has 1 aromatic rings. The normalized spacial score (nSPS) is 15.1. The molecule has 0 spiro atoms. The predicted molar refractivity (Wildman–Crippen MR) is 67.1 cm³/mol. The molecule has 1 heterocycles. The predicted octanol–water partition coefficient (Wildman–Crippen LogP) is 3.50. The zero-order chi connectivity index (χ0) is 13.7. The number of anilines is 1. The van der Waals surface area contributed by atoms with Gasteiger partial charge in [0.1, 0.15) is 12.1 Å². The third kappa shape index (κ3) is 4.36. The van der Waals surface area contributed by atoms with Gasteiger partial charge in [-0.25, -0.2) is 9.97 Å². The molecule has 0 aromatic carbocycles. The van der Waals surface area contributed by atoms with Gasteiger partial charge in [0.05, 0.1) is 0 Å². The van der Waals surface area contributed by atoms with Gasteiger partial charge in [0.15, 0.2) is 0 Å². The fourth-order valence-electron chi connectivity index (χ4n) is 2.33. The number of alkyl halides is 3. The van der Waals surface area contributed by atoms with Gasteiger partial charge in [0.25, 0.3) is 0 Å². The van der Waals surface area contributed by atoms with Gasteiger partial charge in [-0.15, -0.1) is 0 Å². The van der Waals surface area contributed by atoms with E-state index < -0.39 is 12.6 Å². The van der Waals surface area contributed by atoms with Crippen LogP contribution in [-0.4, -0.2) is 22.7 Å². The van der Waals surface area contributed by atoms with Gasteiger partial charge in [-0.05, 0) is 38.5 Å². The maximum Gasteiger partial charge on any atom is 0.389 e. The molecule has 19 heavy (non-hydrogen) atoms. The highest BCUT2D eigenvalue weighted by Crippen LogP contribution is 2.25. The summed E-state index contributed by atoms with van der Waals surface area (Å²) in [6.07, 6.45) is 1.63. The van der Waals surface area contributed by atoms with E-state index in [4.69, 9.17) is 0 Å². The van der Waals surface area contributed by atoms with E-state index >= 15 is 0 Å². The lowest BCUT2D eigenvalue weighted by molar-refractivity contribution is -0.135. The van der Waals surface area contributed by atoms with E-state index in [0.29, 0.717) is 13.0 Å². The molecule has 0 saturated heterocycles. The van der Waals surface area contributed by atoms with Crippen molar-refractivity contribution in [3.05, 3.63) is 17.6 Å². The monoisotopic (exact) mass is 273 g/mol. The van der Waals surface area contributed by atoms with Crippen LogP contribution in [0.15, 0.2) is 6.33 Å². The van der Waals surface area contributed by atoms with Crippen LogP contribution in [0, 0.1) is 0 Å². The summed E-state index contributed by atoms with van der Waals surface area (Å²) in [5.41, 5.74) is 2.23. The summed E-state index contributed by atoms with van der Waals surface area (Å²) in [6.45, 7) is 0.527. The highest BCUT2D eigenvalue weighted by Gasteiger charge is 2.25. The molecule has 3 nitrogen and oxygen atoms in total. The fourth-order valence-corrected chi connectivity index (χ4v) is 2.33. The molecule has 0 aliphatic heterocycles. The Bertz CT molecular complexity index is 418. The molecule has 1 aromatic heterocycles. The highest BCUT2D eigenvalue weighted by atomic mass is 19.4. The standard InChI is InChI=1S/C13H18F3N3/c14-13(15,16)7-3-4-8-17-12-10-5-1-2-6-11(10)18-9-19-12/h9H,1-8H2,(H,17,18,19). The van der Waals surface area contributed by atoms with E-state index in [1.165, 1.54) is 6.33 Å². The van der Waals surface area contributed by atoms with Crippen LogP contribution in [0.2, 0.25) is 0 Å². The summed E-state index contributed by atoms with van der Waals surface area (Å²) < 4.78 is 36.0. The van der Waals surface area contributed by atoms with E-state index in [1.54, 1.807) is 0 Å². The van der Waals surface area contributed by atoms with E-state index in [2.05, 4.69) is 15.3 Å². The molecule has 0 bridgehead atoms. The SMILES string of the molecule is FC(F)(F)CCCCNc1ncnc2c1CCCC2. The third-order valence-corrected chi connectivity index (χ3v) is 3.30. The Labute approximate surface area is 110 Å². The summed E-state index contributed by atoms with van der Waals surface area (Å²) in [5.74, 6) is 0.803. The molecular formula is C13H18F3N3. The second-order valence-corrected chi connectivity index (χ2v) is 4.85. The van der Waals surface area contributed by atoms with E-state index in [9.17, 15) is 13.2 Å². The molecule has 0 amide bonds. The van der Waals surface area contributed by atoms with Gasteiger partial charge in [-0.2, -0.15) is 13.2 Å². The molecule has 106 valence electrons. The van der Waals surface area contributed by atoms with Gasteiger partial charge < -0.3 is 5.32 Å². The van der Waals surface area contributed by atoms with Crippen LogP contribution in [0.3, 0.4) is 0 Å². The Morgan fingerprint density at radius 3 is 2.68 bits per heavy atom. The molecule has 2 rings (SSSR count). The Kier molecular flexibility index (Phi) is 4.61. The number of hydrogen-bond acceptors (Lipinski definition) is 3. The van der Waals surface area contributed by atoms with Crippen LogP contribution in [0.25, 0.3) is 0 Å². The number of aromatic nitrogens is 2. The van der Waals surface area contributed by atoms with E-state index in [1.807, 2.05) is 0 Å². The van der Waals surface area contributed by atoms with Crippen molar-refractivity contribution in [3.63, 3.8) is 0 Å². The van der Waals surface area contributed by atoms with Crippen molar-refractivity contribution in [1.29, 1.82) is 0 Å². The fraction of sp³-hybridized carbons (Fsp3) is 0.692. The van der Waals surface area contributed by atoms with E-state index in [-0.39, 0.29) is 6.42 Å². The summed E-state index contributed by atoms with van der Waals surface area (Å²) in [5, 5.41) is 3.14. The first-order valence-corrected chi connectivity index (χ1v) is 6.69. The van der Waals surface area contributed by atoms with Crippen molar-refractivity contribution in [1.82, 2.24) is 9.97 Å². The van der Waals surface area contributed by atoms with Gasteiger partial charge in [0, 0.05) is 24.2 Å². The Morgan fingerprint density at radius 1 is 1.11 bits per heavy atom. The second kappa shape index (κ2) is 6.21. The molecule has 0 saturated carbocycles. The summed E-state index contributed by atoms with van der Waals surface area (Å²) in [6, 6.07) is 0. The molecule has 1 N–H and O–H groups in total. The molecule has 0 fully saturated rings. The number of hydrogen-bond donors (Lipinski definition) is 1. The van der Waals surface area contributed by atoms with Crippen molar-refractivity contribution >= 4 is 5.82 Å². The van der Waals surface area contributed by atoms with Crippen LogP contribution < -0.4 is 5.32 Å². The summed E-state index contributed by atoms with van der Waals surface area (Å²) >= 11 is 0. The summed E-state index contributed by atoms with van der Waals surface area (Å²) in [7, 11) is 0. The maximum absolute atomic E-state index is 12.0. The van der Waals surface area contributed by atoms with Gasteiger partial charge in [0.2, 0.25) is 0 Å². The van der Waals surface area contributed by atoms with Gasteiger partial charge >= 0.3 is 6.18 Å². The topological polar surface area (TPSA) is 37.8 Å². The number of rotatable bonds is 5. The minimum absolute atomic E-state index is 0.157. The average Bonchev–Trinajstić information content (AvgIpc) is 2.37. The van der Waals surface area contributed by atoms with E-state index in [0.717, 1.165) is 42.8 Å². The molecule has 1 aliphatic carbocycles. The lowest BCUT2D eigenvalue weighted by Crippen LogP contribution is -2.13. The van der Waals surface area contributed by atoms with Crippen molar-refractivity contribution in [2.45, 2.75) is 51.1 Å². The lowest BCUT2D eigenvalue weighted by atomic mass is 9.96. The molecular weight excluding hydrogens is 255 g/mol. The number of halogens is 3. The molecule has 0 atom stereocenters. The largest absolute Gasteiger partial charge is 0.389 e. The van der Waals surface area contributed by atoms with Crippen LogP contribution in [0.4, 0.5) is 19.0 Å². The molecule has 6 heteroatoms. The first-order chi connectivity index (χ1) is 9.06. The number of aryl methyl sites for hydroxylation is 1. The smallest absolute Gasteiger partial charge is 0.370 e. The van der Waals surface area contributed by atoms with Crippen molar-refractivity contribution < 1.29 is 13.2 Å². The zero-order valence-electron chi connectivity index (χ0n) is 10.8. The van der Waals surface area contributed by atoms with Crippen LogP contribution in [0.1, 0.15) is 43.4 Å². The second-order valence-electron chi connectivity index (χ2n) is 4.85. The Morgan fingerprint density at radius 2 is 1.89 bits per heavy atom. The number of nitrogens with zero attached hydrogens (tertiary/aromatic N) is 2. The Balaban J connectivity index is 1.80. The zero-order valence-corrected chi connectivity index (χ0v) is 10.8.